The third-order valence-electron chi connectivity index (χ3n) is 2.91. The lowest BCUT2D eigenvalue weighted by molar-refractivity contribution is 0.181. The first kappa shape index (κ1) is 12.5. The Morgan fingerprint density at radius 2 is 2.47 bits per heavy atom. The highest BCUT2D eigenvalue weighted by Crippen LogP contribution is 2.14. The van der Waals surface area contributed by atoms with Crippen molar-refractivity contribution >= 4 is 0 Å². The van der Waals surface area contributed by atoms with Crippen LogP contribution < -0.4 is 5.32 Å². The Hall–Kier alpha value is -0.940. The van der Waals surface area contributed by atoms with E-state index in [1.54, 1.807) is 0 Å². The summed E-state index contributed by atoms with van der Waals surface area (Å²) in [5.41, 5.74) is 1.02. The SMILES string of the molecule is CC(C)CNCc1cn(C[C@@H]2CCOC2)nn1. The largest absolute Gasteiger partial charge is 0.381 e. The summed E-state index contributed by atoms with van der Waals surface area (Å²) in [5, 5.41) is 11.7. The van der Waals surface area contributed by atoms with E-state index in [9.17, 15) is 0 Å². The minimum absolute atomic E-state index is 0.605. The first-order chi connectivity index (χ1) is 8.24. The monoisotopic (exact) mass is 238 g/mol. The molecule has 17 heavy (non-hydrogen) atoms. The van der Waals surface area contributed by atoms with Crippen molar-refractivity contribution in [3.8, 4) is 0 Å². The normalized spacial score (nSPS) is 20.3. The van der Waals surface area contributed by atoms with E-state index < -0.39 is 0 Å². The molecule has 1 atom stereocenters. The summed E-state index contributed by atoms with van der Waals surface area (Å²) < 4.78 is 7.29. The second kappa shape index (κ2) is 6.12. The molecule has 1 aromatic heterocycles. The van der Waals surface area contributed by atoms with Gasteiger partial charge in [-0.25, -0.2) is 0 Å². The highest BCUT2D eigenvalue weighted by atomic mass is 16.5. The Kier molecular flexibility index (Phi) is 4.50. The van der Waals surface area contributed by atoms with Gasteiger partial charge in [0.1, 0.15) is 0 Å². The second-order valence-electron chi connectivity index (χ2n) is 5.19. The van der Waals surface area contributed by atoms with E-state index in [-0.39, 0.29) is 0 Å². The molecule has 1 fully saturated rings. The Bertz CT molecular complexity index is 331. The maximum absolute atomic E-state index is 5.35. The second-order valence-corrected chi connectivity index (χ2v) is 5.19. The molecule has 0 amide bonds. The quantitative estimate of drug-likeness (QED) is 0.805. The van der Waals surface area contributed by atoms with Crippen LogP contribution in [0.2, 0.25) is 0 Å². The van der Waals surface area contributed by atoms with Crippen molar-refractivity contribution in [1.82, 2.24) is 20.3 Å². The molecule has 2 rings (SSSR count). The van der Waals surface area contributed by atoms with Crippen LogP contribution in [0.1, 0.15) is 26.0 Å². The predicted molar refractivity (Wildman–Crippen MR) is 65.5 cm³/mol. The molecule has 1 saturated heterocycles. The van der Waals surface area contributed by atoms with Gasteiger partial charge in [0.25, 0.3) is 0 Å². The molecule has 5 nitrogen and oxygen atoms in total. The first-order valence-electron chi connectivity index (χ1n) is 6.41. The van der Waals surface area contributed by atoms with E-state index in [1.165, 1.54) is 0 Å². The molecule has 1 aliphatic heterocycles. The molecule has 0 spiro atoms. The molecular weight excluding hydrogens is 216 g/mol. The van der Waals surface area contributed by atoms with Gasteiger partial charge in [-0.05, 0) is 18.9 Å². The number of aromatic nitrogens is 3. The summed E-state index contributed by atoms with van der Waals surface area (Å²) in [4.78, 5) is 0. The number of nitrogens with one attached hydrogen (secondary N) is 1. The fraction of sp³-hybridized carbons (Fsp3) is 0.833. The van der Waals surface area contributed by atoms with Gasteiger partial charge in [0.2, 0.25) is 0 Å². The van der Waals surface area contributed by atoms with Crippen molar-refractivity contribution in [2.24, 2.45) is 11.8 Å². The van der Waals surface area contributed by atoms with Gasteiger partial charge in [-0.15, -0.1) is 5.10 Å². The van der Waals surface area contributed by atoms with Crippen LogP contribution in [-0.2, 0) is 17.8 Å². The van der Waals surface area contributed by atoms with Gasteiger partial charge >= 0.3 is 0 Å². The zero-order valence-corrected chi connectivity index (χ0v) is 10.7. The van der Waals surface area contributed by atoms with Crippen molar-refractivity contribution in [3.05, 3.63) is 11.9 Å². The van der Waals surface area contributed by atoms with Gasteiger partial charge < -0.3 is 10.1 Å². The Balaban J connectivity index is 1.75. The molecule has 0 aromatic carbocycles. The Labute approximate surface area is 103 Å². The smallest absolute Gasteiger partial charge is 0.0964 e. The van der Waals surface area contributed by atoms with Gasteiger partial charge in [0.05, 0.1) is 12.3 Å². The van der Waals surface area contributed by atoms with Gasteiger partial charge in [-0.2, -0.15) is 0 Å². The van der Waals surface area contributed by atoms with Gasteiger partial charge in [0.15, 0.2) is 0 Å². The molecule has 0 saturated carbocycles. The van der Waals surface area contributed by atoms with Gasteiger partial charge in [-0.3, -0.25) is 4.68 Å². The third kappa shape index (κ3) is 4.09. The molecule has 0 aliphatic carbocycles. The van der Waals surface area contributed by atoms with Crippen LogP contribution in [0.5, 0.6) is 0 Å². The highest BCUT2D eigenvalue weighted by molar-refractivity contribution is 4.91. The average Bonchev–Trinajstić information content (AvgIpc) is 2.90. The molecule has 0 unspecified atom stereocenters. The van der Waals surface area contributed by atoms with E-state index in [1.807, 2.05) is 10.9 Å². The third-order valence-corrected chi connectivity index (χ3v) is 2.91. The Morgan fingerprint density at radius 1 is 1.59 bits per heavy atom. The number of hydrogen-bond acceptors (Lipinski definition) is 4. The summed E-state index contributed by atoms with van der Waals surface area (Å²) in [6.07, 6.45) is 3.17. The molecule has 0 bridgehead atoms. The maximum Gasteiger partial charge on any atom is 0.0964 e. The lowest BCUT2D eigenvalue weighted by Gasteiger charge is -2.06. The predicted octanol–water partition coefficient (Wildman–Crippen LogP) is 1.06. The molecule has 1 aliphatic rings. The topological polar surface area (TPSA) is 52.0 Å². The molecule has 1 N–H and O–H groups in total. The number of hydrogen-bond donors (Lipinski definition) is 1. The van der Waals surface area contributed by atoms with Crippen molar-refractivity contribution in [2.75, 3.05) is 19.8 Å². The van der Waals surface area contributed by atoms with Crippen molar-refractivity contribution in [3.63, 3.8) is 0 Å². The molecular formula is C12H22N4O. The number of ether oxygens (including phenoxy) is 1. The minimum atomic E-state index is 0.605. The summed E-state index contributed by atoms with van der Waals surface area (Å²) in [6, 6.07) is 0. The molecule has 1 aromatic rings. The van der Waals surface area contributed by atoms with Crippen molar-refractivity contribution in [1.29, 1.82) is 0 Å². The van der Waals surface area contributed by atoms with Gasteiger partial charge in [0, 0.05) is 31.8 Å². The number of rotatable bonds is 6. The first-order valence-corrected chi connectivity index (χ1v) is 6.41. The molecule has 96 valence electrons. The molecule has 0 radical (unpaired) electrons. The van der Waals surface area contributed by atoms with E-state index in [0.717, 1.165) is 45.0 Å². The summed E-state index contributed by atoms with van der Waals surface area (Å²) in [7, 11) is 0. The van der Waals surface area contributed by atoms with Crippen LogP contribution in [0.15, 0.2) is 6.20 Å². The fourth-order valence-electron chi connectivity index (χ4n) is 1.99. The Morgan fingerprint density at radius 3 is 3.18 bits per heavy atom. The minimum Gasteiger partial charge on any atom is -0.381 e. The van der Waals surface area contributed by atoms with Crippen LogP contribution in [0.3, 0.4) is 0 Å². The zero-order valence-electron chi connectivity index (χ0n) is 10.7. The van der Waals surface area contributed by atoms with Crippen LogP contribution in [0.4, 0.5) is 0 Å². The molecule has 5 heteroatoms. The lowest BCUT2D eigenvalue weighted by atomic mass is 10.1. The van der Waals surface area contributed by atoms with Crippen molar-refractivity contribution < 1.29 is 4.74 Å². The summed E-state index contributed by atoms with van der Waals surface area (Å²) >= 11 is 0. The van der Waals surface area contributed by atoms with E-state index in [4.69, 9.17) is 4.74 Å². The van der Waals surface area contributed by atoms with Gasteiger partial charge in [-0.1, -0.05) is 19.1 Å². The van der Waals surface area contributed by atoms with E-state index in [0.29, 0.717) is 11.8 Å². The summed E-state index contributed by atoms with van der Waals surface area (Å²) in [6.45, 7) is 8.90. The zero-order chi connectivity index (χ0) is 12.1. The maximum atomic E-state index is 5.35. The van der Waals surface area contributed by atoms with E-state index >= 15 is 0 Å². The van der Waals surface area contributed by atoms with Crippen LogP contribution in [0.25, 0.3) is 0 Å². The molecule has 2 heterocycles. The highest BCUT2D eigenvalue weighted by Gasteiger charge is 2.16. The fourth-order valence-corrected chi connectivity index (χ4v) is 1.99. The van der Waals surface area contributed by atoms with Crippen LogP contribution in [-0.4, -0.2) is 34.8 Å². The van der Waals surface area contributed by atoms with Crippen molar-refractivity contribution in [2.45, 2.75) is 33.4 Å². The van der Waals surface area contributed by atoms with Crippen LogP contribution >= 0.6 is 0 Å². The lowest BCUT2D eigenvalue weighted by Crippen LogP contribution is -2.19. The number of nitrogens with zero attached hydrogens (tertiary/aromatic N) is 3. The van der Waals surface area contributed by atoms with E-state index in [2.05, 4.69) is 29.5 Å². The standard InChI is InChI=1S/C12H22N4O/c1-10(2)5-13-6-12-8-16(15-14-12)7-11-3-4-17-9-11/h8,10-11,13H,3-7,9H2,1-2H3/t11-/m0/s1. The summed E-state index contributed by atoms with van der Waals surface area (Å²) in [5.74, 6) is 1.27. The van der Waals surface area contributed by atoms with Crippen LogP contribution in [0, 0.1) is 11.8 Å². The average molecular weight is 238 g/mol.